The van der Waals surface area contributed by atoms with Gasteiger partial charge in [-0.15, -0.1) is 23.2 Å². The summed E-state index contributed by atoms with van der Waals surface area (Å²) in [5.41, 5.74) is 1.04. The minimum absolute atomic E-state index is 0.102. The number of hydrogen-bond acceptors (Lipinski definition) is 2. The predicted molar refractivity (Wildman–Crippen MR) is 85.4 cm³/mol. The van der Waals surface area contributed by atoms with E-state index in [1.165, 1.54) is 0 Å². The first kappa shape index (κ1) is 15.7. The molecule has 0 unspecified atom stereocenters. The average molecular weight is 321 g/mol. The second kappa shape index (κ2) is 7.39. The molecule has 4 heteroatoms. The van der Waals surface area contributed by atoms with Gasteiger partial charge in [0.1, 0.15) is 0 Å². The zero-order chi connectivity index (χ0) is 15.2. The van der Waals surface area contributed by atoms with Crippen molar-refractivity contribution in [2.75, 3.05) is 0 Å². The van der Waals surface area contributed by atoms with Crippen molar-refractivity contribution in [3.63, 3.8) is 0 Å². The Balaban J connectivity index is 2.01. The second-order valence-electron chi connectivity index (χ2n) is 4.63. The van der Waals surface area contributed by atoms with E-state index in [1.807, 2.05) is 12.1 Å². The lowest BCUT2D eigenvalue weighted by molar-refractivity contribution is 0.0963. The van der Waals surface area contributed by atoms with Crippen LogP contribution < -0.4 is 0 Å². The maximum Gasteiger partial charge on any atom is 0.180 e. The van der Waals surface area contributed by atoms with Gasteiger partial charge in [-0.25, -0.2) is 0 Å². The standard InChI is InChI=1S/C17H14Cl2O2/c18-14(16(20)12-7-3-1-4-8-12)11-15(19)17(21)13-9-5-2-6-10-13/h1-10,14-15H,11H2/t14-,15-/m0/s1. The van der Waals surface area contributed by atoms with E-state index in [1.54, 1.807) is 48.5 Å². The SMILES string of the molecule is O=C(c1ccccc1)[C@@H](Cl)C[C@H](Cl)C(=O)c1ccccc1. The Morgan fingerprint density at radius 3 is 1.38 bits per heavy atom. The smallest absolute Gasteiger partial charge is 0.180 e. The summed E-state index contributed by atoms with van der Waals surface area (Å²) in [6, 6.07) is 17.5. The Kier molecular flexibility index (Phi) is 5.54. The summed E-state index contributed by atoms with van der Waals surface area (Å²) in [5.74, 6) is -0.437. The number of carbonyl (C=O) groups excluding carboxylic acids is 2. The van der Waals surface area contributed by atoms with Gasteiger partial charge in [-0.2, -0.15) is 0 Å². The zero-order valence-electron chi connectivity index (χ0n) is 11.2. The van der Waals surface area contributed by atoms with Gasteiger partial charge in [0, 0.05) is 11.1 Å². The highest BCUT2D eigenvalue weighted by atomic mass is 35.5. The highest BCUT2D eigenvalue weighted by molar-refractivity contribution is 6.37. The fourth-order valence-electron chi connectivity index (χ4n) is 1.96. The van der Waals surface area contributed by atoms with Crippen LogP contribution in [0, 0.1) is 0 Å². The summed E-state index contributed by atoms with van der Waals surface area (Å²) in [5, 5.41) is -1.63. The van der Waals surface area contributed by atoms with Crippen molar-refractivity contribution in [2.45, 2.75) is 17.2 Å². The van der Waals surface area contributed by atoms with Crippen molar-refractivity contribution in [3.05, 3.63) is 71.8 Å². The summed E-state index contributed by atoms with van der Waals surface area (Å²) in [4.78, 5) is 24.3. The van der Waals surface area contributed by atoms with Gasteiger partial charge in [0.05, 0.1) is 10.8 Å². The molecule has 2 rings (SSSR count). The van der Waals surface area contributed by atoms with Crippen molar-refractivity contribution in [3.8, 4) is 0 Å². The number of ketones is 2. The van der Waals surface area contributed by atoms with Crippen molar-refractivity contribution in [2.24, 2.45) is 0 Å². The quantitative estimate of drug-likeness (QED) is 0.585. The van der Waals surface area contributed by atoms with Gasteiger partial charge in [0.15, 0.2) is 11.6 Å². The summed E-state index contributed by atoms with van der Waals surface area (Å²) in [7, 11) is 0. The van der Waals surface area contributed by atoms with Crippen molar-refractivity contribution >= 4 is 34.8 Å². The average Bonchev–Trinajstić information content (AvgIpc) is 2.55. The van der Waals surface area contributed by atoms with Crippen LogP contribution in [0.1, 0.15) is 27.1 Å². The number of halogens is 2. The van der Waals surface area contributed by atoms with E-state index < -0.39 is 10.8 Å². The van der Waals surface area contributed by atoms with E-state index >= 15 is 0 Å². The Morgan fingerprint density at radius 2 is 1.05 bits per heavy atom. The molecule has 0 radical (unpaired) electrons. The number of hydrogen-bond donors (Lipinski definition) is 0. The van der Waals surface area contributed by atoms with Crippen molar-refractivity contribution in [1.29, 1.82) is 0 Å². The molecule has 2 nitrogen and oxygen atoms in total. The lowest BCUT2D eigenvalue weighted by Crippen LogP contribution is -2.24. The first-order valence-electron chi connectivity index (χ1n) is 6.56. The van der Waals surface area contributed by atoms with Gasteiger partial charge >= 0.3 is 0 Å². The van der Waals surface area contributed by atoms with E-state index in [-0.39, 0.29) is 18.0 Å². The fourth-order valence-corrected chi connectivity index (χ4v) is 2.66. The lowest BCUT2D eigenvalue weighted by atomic mass is 10.0. The molecule has 0 heterocycles. The van der Waals surface area contributed by atoms with Gasteiger partial charge in [-0.1, -0.05) is 60.7 Å². The maximum atomic E-state index is 12.1. The molecule has 0 amide bonds. The molecule has 2 aromatic carbocycles. The summed E-state index contributed by atoms with van der Waals surface area (Å²) in [6.45, 7) is 0. The first-order valence-corrected chi connectivity index (χ1v) is 7.43. The molecule has 0 spiro atoms. The zero-order valence-corrected chi connectivity index (χ0v) is 12.7. The Hall–Kier alpha value is -1.64. The van der Waals surface area contributed by atoms with Gasteiger partial charge in [-0.05, 0) is 6.42 Å². The molecule has 2 atom stereocenters. The Morgan fingerprint density at radius 1 is 0.714 bits per heavy atom. The van der Waals surface area contributed by atoms with Crippen LogP contribution in [0.2, 0.25) is 0 Å². The van der Waals surface area contributed by atoms with E-state index in [0.29, 0.717) is 11.1 Å². The fraction of sp³-hybridized carbons (Fsp3) is 0.176. The van der Waals surface area contributed by atoms with E-state index in [0.717, 1.165) is 0 Å². The number of carbonyl (C=O) groups is 2. The van der Waals surface area contributed by atoms with Crippen LogP contribution in [-0.4, -0.2) is 22.3 Å². The molecule has 0 aliphatic rings. The normalized spacial score (nSPS) is 13.4. The van der Waals surface area contributed by atoms with Crippen LogP contribution in [0.4, 0.5) is 0 Å². The molecule has 2 aromatic rings. The third-order valence-electron chi connectivity index (χ3n) is 3.10. The van der Waals surface area contributed by atoms with Crippen LogP contribution >= 0.6 is 23.2 Å². The largest absolute Gasteiger partial charge is 0.293 e. The minimum atomic E-state index is -0.817. The topological polar surface area (TPSA) is 34.1 Å². The molecule has 0 N–H and O–H groups in total. The van der Waals surface area contributed by atoms with E-state index in [9.17, 15) is 9.59 Å². The first-order chi connectivity index (χ1) is 10.1. The number of Topliss-reactive ketones (excluding diaryl/α,β-unsaturated/α-hetero) is 2. The molecule has 108 valence electrons. The van der Waals surface area contributed by atoms with Crippen molar-refractivity contribution < 1.29 is 9.59 Å². The Bertz CT molecular complexity index is 556. The summed E-state index contributed by atoms with van der Waals surface area (Å²) in [6.07, 6.45) is 0.102. The van der Waals surface area contributed by atoms with E-state index in [4.69, 9.17) is 23.2 Å². The molecular formula is C17H14Cl2O2. The Labute approximate surface area is 133 Å². The van der Waals surface area contributed by atoms with Gasteiger partial charge in [0.2, 0.25) is 0 Å². The number of rotatable bonds is 6. The molecule has 0 fully saturated rings. The summed E-state index contributed by atoms with van der Waals surface area (Å²) >= 11 is 12.2. The van der Waals surface area contributed by atoms with Gasteiger partial charge in [0.25, 0.3) is 0 Å². The molecule has 21 heavy (non-hydrogen) atoms. The number of benzene rings is 2. The molecule has 0 aliphatic carbocycles. The molecular weight excluding hydrogens is 307 g/mol. The molecule has 0 saturated carbocycles. The molecule has 0 aromatic heterocycles. The van der Waals surface area contributed by atoms with Gasteiger partial charge < -0.3 is 0 Å². The third-order valence-corrected chi connectivity index (χ3v) is 3.85. The summed E-state index contributed by atoms with van der Waals surface area (Å²) < 4.78 is 0. The number of alkyl halides is 2. The predicted octanol–water partition coefficient (Wildman–Crippen LogP) is 4.36. The van der Waals surface area contributed by atoms with Gasteiger partial charge in [-0.3, -0.25) is 9.59 Å². The third kappa shape index (κ3) is 4.16. The molecule has 0 aliphatic heterocycles. The van der Waals surface area contributed by atoms with E-state index in [2.05, 4.69) is 0 Å². The van der Waals surface area contributed by atoms with Crippen LogP contribution in [0.5, 0.6) is 0 Å². The van der Waals surface area contributed by atoms with Crippen LogP contribution in [-0.2, 0) is 0 Å². The second-order valence-corrected chi connectivity index (χ2v) is 5.68. The highest BCUT2D eigenvalue weighted by Gasteiger charge is 2.25. The molecule has 0 bridgehead atoms. The van der Waals surface area contributed by atoms with Crippen LogP contribution in [0.15, 0.2) is 60.7 Å². The van der Waals surface area contributed by atoms with Crippen molar-refractivity contribution in [1.82, 2.24) is 0 Å². The monoisotopic (exact) mass is 320 g/mol. The van der Waals surface area contributed by atoms with Crippen LogP contribution in [0.25, 0.3) is 0 Å². The lowest BCUT2D eigenvalue weighted by Gasteiger charge is -2.13. The minimum Gasteiger partial charge on any atom is -0.293 e. The maximum absolute atomic E-state index is 12.1. The molecule has 0 saturated heterocycles. The van der Waals surface area contributed by atoms with Crippen LogP contribution in [0.3, 0.4) is 0 Å². The highest BCUT2D eigenvalue weighted by Crippen LogP contribution is 2.19.